The Bertz CT molecular complexity index is 618. The van der Waals surface area contributed by atoms with Crippen LogP contribution in [-0.2, 0) is 16.0 Å². The fraction of sp³-hybridized carbons (Fsp3) is 0.619. The highest BCUT2D eigenvalue weighted by Gasteiger charge is 2.24. The third-order valence-electron chi connectivity index (χ3n) is 5.70. The van der Waals surface area contributed by atoms with Crippen LogP contribution in [0.5, 0.6) is 5.75 Å². The van der Waals surface area contributed by atoms with Crippen molar-refractivity contribution >= 4 is 11.8 Å². The first-order chi connectivity index (χ1) is 13.2. The summed E-state index contributed by atoms with van der Waals surface area (Å²) in [4.78, 5) is 28.7. The van der Waals surface area contributed by atoms with Gasteiger partial charge in [0.15, 0.2) is 0 Å². The van der Waals surface area contributed by atoms with Crippen molar-refractivity contribution < 1.29 is 14.3 Å². The lowest BCUT2D eigenvalue weighted by molar-refractivity contribution is -0.139. The van der Waals surface area contributed by atoms with Gasteiger partial charge in [0.1, 0.15) is 5.75 Å². The lowest BCUT2D eigenvalue weighted by Crippen LogP contribution is -2.50. The number of piperazine rings is 1. The van der Waals surface area contributed by atoms with Gasteiger partial charge in [-0.1, -0.05) is 12.1 Å². The van der Waals surface area contributed by atoms with Gasteiger partial charge in [-0.05, 0) is 56.0 Å². The maximum absolute atomic E-state index is 12.5. The van der Waals surface area contributed by atoms with E-state index in [1.54, 1.807) is 7.11 Å². The second kappa shape index (κ2) is 9.74. The molecule has 0 aliphatic carbocycles. The minimum Gasteiger partial charge on any atom is -0.497 e. The number of carbonyl (C=O) groups excluding carboxylic acids is 2. The molecule has 2 amide bonds. The number of aryl methyl sites for hydroxylation is 1. The highest BCUT2D eigenvalue weighted by atomic mass is 16.5. The topological polar surface area (TPSA) is 61.9 Å². The lowest BCUT2D eigenvalue weighted by atomic mass is 10.0. The molecule has 2 aliphatic heterocycles. The van der Waals surface area contributed by atoms with Gasteiger partial charge < -0.3 is 19.9 Å². The SMILES string of the molecule is COc1ccc(CCC(=O)N2CCN(C(=O)CCC3CCNC3)CC2)cc1. The number of methoxy groups -OCH3 is 1. The average Bonchev–Trinajstić information content (AvgIpc) is 3.24. The van der Waals surface area contributed by atoms with E-state index in [-0.39, 0.29) is 11.8 Å². The van der Waals surface area contributed by atoms with Crippen LogP contribution in [0.3, 0.4) is 0 Å². The normalized spacial score (nSPS) is 20.0. The van der Waals surface area contributed by atoms with Crippen molar-refractivity contribution in [3.63, 3.8) is 0 Å². The molecule has 2 fully saturated rings. The van der Waals surface area contributed by atoms with Crippen molar-refractivity contribution in [2.45, 2.75) is 32.1 Å². The zero-order valence-electron chi connectivity index (χ0n) is 16.3. The van der Waals surface area contributed by atoms with Crippen LogP contribution < -0.4 is 10.1 Å². The predicted molar refractivity (Wildman–Crippen MR) is 105 cm³/mol. The highest BCUT2D eigenvalue weighted by Crippen LogP contribution is 2.17. The van der Waals surface area contributed by atoms with Gasteiger partial charge in [0.05, 0.1) is 7.11 Å². The molecule has 0 saturated carbocycles. The monoisotopic (exact) mass is 373 g/mol. The molecule has 6 nitrogen and oxygen atoms in total. The molecule has 148 valence electrons. The zero-order chi connectivity index (χ0) is 19.1. The smallest absolute Gasteiger partial charge is 0.223 e. The molecule has 1 aromatic rings. The predicted octanol–water partition coefficient (Wildman–Crippen LogP) is 1.69. The largest absolute Gasteiger partial charge is 0.497 e. The van der Waals surface area contributed by atoms with Crippen LogP contribution in [0.4, 0.5) is 0 Å². The fourth-order valence-electron chi connectivity index (χ4n) is 3.85. The number of carbonyl (C=O) groups is 2. The summed E-state index contributed by atoms with van der Waals surface area (Å²) >= 11 is 0. The van der Waals surface area contributed by atoms with Crippen molar-refractivity contribution in [1.82, 2.24) is 15.1 Å². The minimum atomic E-state index is 0.176. The standard InChI is InChI=1S/C21H31N3O3/c1-27-19-6-2-17(3-7-19)4-8-20(25)23-12-14-24(15-13-23)21(26)9-5-18-10-11-22-16-18/h2-3,6-7,18,22H,4-5,8-16H2,1H3. The Morgan fingerprint density at radius 1 is 1.04 bits per heavy atom. The molecule has 0 spiro atoms. The summed E-state index contributed by atoms with van der Waals surface area (Å²) in [5, 5.41) is 3.35. The molecule has 2 heterocycles. The summed E-state index contributed by atoms with van der Waals surface area (Å²) in [6, 6.07) is 7.85. The number of ether oxygens (including phenoxy) is 1. The first-order valence-electron chi connectivity index (χ1n) is 10.0. The quantitative estimate of drug-likeness (QED) is 0.790. The van der Waals surface area contributed by atoms with Crippen molar-refractivity contribution in [2.75, 3.05) is 46.4 Å². The van der Waals surface area contributed by atoms with Gasteiger partial charge in [0.25, 0.3) is 0 Å². The Morgan fingerprint density at radius 2 is 1.67 bits per heavy atom. The molecule has 2 aliphatic rings. The van der Waals surface area contributed by atoms with E-state index in [1.807, 2.05) is 34.1 Å². The Hall–Kier alpha value is -2.08. The summed E-state index contributed by atoms with van der Waals surface area (Å²) in [6.07, 6.45) is 4.04. The number of amides is 2. The zero-order valence-corrected chi connectivity index (χ0v) is 16.3. The van der Waals surface area contributed by atoms with Crippen molar-refractivity contribution in [1.29, 1.82) is 0 Å². The Labute approximate surface area is 161 Å². The first kappa shape index (κ1) is 19.7. The fourth-order valence-corrected chi connectivity index (χ4v) is 3.85. The van der Waals surface area contributed by atoms with Gasteiger partial charge in [-0.2, -0.15) is 0 Å². The molecule has 3 rings (SSSR count). The number of benzene rings is 1. The third-order valence-corrected chi connectivity index (χ3v) is 5.70. The van der Waals surface area contributed by atoms with Gasteiger partial charge >= 0.3 is 0 Å². The first-order valence-corrected chi connectivity index (χ1v) is 10.0. The molecule has 27 heavy (non-hydrogen) atoms. The van der Waals surface area contributed by atoms with Crippen LogP contribution in [0.15, 0.2) is 24.3 Å². The van der Waals surface area contributed by atoms with Crippen LogP contribution in [0, 0.1) is 5.92 Å². The third kappa shape index (κ3) is 5.70. The second-order valence-electron chi connectivity index (χ2n) is 7.51. The number of hydrogen-bond donors (Lipinski definition) is 1. The van der Waals surface area contributed by atoms with E-state index in [4.69, 9.17) is 4.74 Å². The van der Waals surface area contributed by atoms with Gasteiger partial charge in [0.2, 0.25) is 11.8 Å². The van der Waals surface area contributed by atoms with Crippen LogP contribution >= 0.6 is 0 Å². The van der Waals surface area contributed by atoms with E-state index in [2.05, 4.69) is 5.32 Å². The molecule has 1 atom stereocenters. The van der Waals surface area contributed by atoms with E-state index in [9.17, 15) is 9.59 Å². The van der Waals surface area contributed by atoms with Gasteiger partial charge in [-0.15, -0.1) is 0 Å². The molecule has 0 aromatic heterocycles. The molecule has 1 aromatic carbocycles. The molecule has 2 saturated heterocycles. The summed E-state index contributed by atoms with van der Waals surface area (Å²) < 4.78 is 5.15. The van der Waals surface area contributed by atoms with Gasteiger partial charge in [-0.3, -0.25) is 9.59 Å². The van der Waals surface area contributed by atoms with E-state index in [0.29, 0.717) is 44.9 Å². The summed E-state index contributed by atoms with van der Waals surface area (Å²) in [6.45, 7) is 4.75. The number of hydrogen-bond acceptors (Lipinski definition) is 4. The molecule has 0 bridgehead atoms. The summed E-state index contributed by atoms with van der Waals surface area (Å²) in [5.41, 5.74) is 1.14. The molecular formula is C21H31N3O3. The van der Waals surface area contributed by atoms with Crippen molar-refractivity contribution in [2.24, 2.45) is 5.92 Å². The van der Waals surface area contributed by atoms with E-state index in [0.717, 1.165) is 37.2 Å². The van der Waals surface area contributed by atoms with Gasteiger partial charge in [0, 0.05) is 39.0 Å². The average molecular weight is 373 g/mol. The Kier molecular flexibility index (Phi) is 7.10. The van der Waals surface area contributed by atoms with Crippen LogP contribution in [-0.4, -0.2) is 68.0 Å². The maximum atomic E-state index is 12.5. The van der Waals surface area contributed by atoms with E-state index >= 15 is 0 Å². The molecule has 0 radical (unpaired) electrons. The van der Waals surface area contributed by atoms with Crippen LogP contribution in [0.25, 0.3) is 0 Å². The second-order valence-corrected chi connectivity index (χ2v) is 7.51. The Morgan fingerprint density at radius 3 is 2.22 bits per heavy atom. The summed E-state index contributed by atoms with van der Waals surface area (Å²) in [5.74, 6) is 1.90. The van der Waals surface area contributed by atoms with E-state index in [1.165, 1.54) is 6.42 Å². The number of nitrogens with one attached hydrogen (secondary N) is 1. The number of nitrogens with zero attached hydrogens (tertiary/aromatic N) is 2. The molecule has 6 heteroatoms. The van der Waals surface area contributed by atoms with E-state index < -0.39 is 0 Å². The minimum absolute atomic E-state index is 0.176. The lowest BCUT2D eigenvalue weighted by Gasteiger charge is -2.35. The van der Waals surface area contributed by atoms with Crippen molar-refractivity contribution in [3.8, 4) is 5.75 Å². The van der Waals surface area contributed by atoms with Crippen LogP contribution in [0.1, 0.15) is 31.2 Å². The number of rotatable bonds is 7. The molecule has 1 unspecified atom stereocenters. The maximum Gasteiger partial charge on any atom is 0.223 e. The highest BCUT2D eigenvalue weighted by molar-refractivity contribution is 5.78. The van der Waals surface area contributed by atoms with Crippen molar-refractivity contribution in [3.05, 3.63) is 29.8 Å². The Balaban J connectivity index is 1.36. The van der Waals surface area contributed by atoms with Crippen LogP contribution in [0.2, 0.25) is 0 Å². The molecule has 1 N–H and O–H groups in total. The summed E-state index contributed by atoms with van der Waals surface area (Å²) in [7, 11) is 1.65. The molecular weight excluding hydrogens is 342 g/mol. The van der Waals surface area contributed by atoms with Gasteiger partial charge in [-0.25, -0.2) is 0 Å².